The van der Waals surface area contributed by atoms with E-state index in [0.29, 0.717) is 0 Å². The van der Waals surface area contributed by atoms with E-state index in [1.54, 1.807) is 0 Å². The van der Waals surface area contributed by atoms with Crippen LogP contribution in [0.15, 0.2) is 24.3 Å². The maximum absolute atomic E-state index is 11.9. The number of carbonyl (C=O) groups is 2. The first kappa shape index (κ1) is 19.5. The van der Waals surface area contributed by atoms with Crippen LogP contribution in [0.25, 0.3) is 0 Å². The molecule has 0 saturated heterocycles. The van der Waals surface area contributed by atoms with Gasteiger partial charge >= 0.3 is 5.97 Å². The Balaban J connectivity index is 2.51. The number of ether oxygens (including phenoxy) is 1. The Bertz CT molecular complexity index is 579. The number of hydrogen-bond donors (Lipinski definition) is 4. The second-order valence-corrected chi connectivity index (χ2v) is 4.74. The third kappa shape index (κ3) is 7.13. The Hall–Kier alpha value is -2.56. The lowest BCUT2D eigenvalue weighted by atomic mass is 10.2. The standard InChI is InChI=1S/C14H19N3O7/c18-5-7-24-6-4-15-12(14(20)21)9-13(19)16-10-2-1-3-11(8-10)17(22)23/h1-3,8,12,15,18H,4-7,9H2,(H,16,19)(H,20,21). The molecule has 1 atom stereocenters. The molecule has 0 fully saturated rings. The minimum Gasteiger partial charge on any atom is -0.480 e. The van der Waals surface area contributed by atoms with Crippen LogP contribution in [0.5, 0.6) is 0 Å². The summed E-state index contributed by atoms with van der Waals surface area (Å²) in [6.45, 7) is 0.401. The fourth-order valence-electron chi connectivity index (χ4n) is 1.81. The molecular weight excluding hydrogens is 322 g/mol. The number of aliphatic hydroxyl groups excluding tert-OH is 1. The molecule has 1 aromatic rings. The smallest absolute Gasteiger partial charge is 0.321 e. The topological polar surface area (TPSA) is 151 Å². The molecule has 0 aliphatic carbocycles. The first-order chi connectivity index (χ1) is 11.4. The van der Waals surface area contributed by atoms with E-state index in [-0.39, 0.29) is 44.2 Å². The number of anilines is 1. The first-order valence-electron chi connectivity index (χ1n) is 7.13. The number of nitrogens with zero attached hydrogens (tertiary/aromatic N) is 1. The van der Waals surface area contributed by atoms with E-state index in [2.05, 4.69) is 10.6 Å². The quantitative estimate of drug-likeness (QED) is 0.249. The molecule has 0 heterocycles. The number of carboxylic acids is 1. The Morgan fingerprint density at radius 1 is 1.33 bits per heavy atom. The van der Waals surface area contributed by atoms with Gasteiger partial charge in [-0.05, 0) is 6.07 Å². The molecule has 0 aromatic heterocycles. The number of carboxylic acid groups (broad SMARTS) is 1. The maximum atomic E-state index is 11.9. The molecule has 0 aliphatic heterocycles. The largest absolute Gasteiger partial charge is 0.480 e. The highest BCUT2D eigenvalue weighted by Crippen LogP contribution is 2.17. The number of rotatable bonds is 11. The zero-order valence-electron chi connectivity index (χ0n) is 12.8. The second-order valence-electron chi connectivity index (χ2n) is 4.74. The Kier molecular flexibility index (Phi) is 8.33. The van der Waals surface area contributed by atoms with Gasteiger partial charge in [-0.15, -0.1) is 0 Å². The molecule has 4 N–H and O–H groups in total. The number of nitrogens with one attached hydrogen (secondary N) is 2. The molecule has 0 spiro atoms. The number of non-ortho nitro benzene ring substituents is 1. The van der Waals surface area contributed by atoms with Crippen molar-refractivity contribution in [1.82, 2.24) is 5.32 Å². The predicted molar refractivity (Wildman–Crippen MR) is 83.7 cm³/mol. The number of nitro benzene ring substituents is 1. The van der Waals surface area contributed by atoms with Crippen LogP contribution < -0.4 is 10.6 Å². The maximum Gasteiger partial charge on any atom is 0.321 e. The number of hydrogen-bond acceptors (Lipinski definition) is 7. The van der Waals surface area contributed by atoms with Crippen LogP contribution in [-0.2, 0) is 14.3 Å². The Labute approximate surface area is 137 Å². The molecule has 1 aromatic carbocycles. The van der Waals surface area contributed by atoms with Crippen LogP contribution in [-0.4, -0.2) is 59.4 Å². The van der Waals surface area contributed by atoms with Crippen molar-refractivity contribution in [3.63, 3.8) is 0 Å². The first-order valence-corrected chi connectivity index (χ1v) is 7.13. The van der Waals surface area contributed by atoms with Gasteiger partial charge in [0.25, 0.3) is 5.69 Å². The highest BCUT2D eigenvalue weighted by molar-refractivity contribution is 5.94. The van der Waals surface area contributed by atoms with Crippen molar-refractivity contribution in [2.45, 2.75) is 12.5 Å². The van der Waals surface area contributed by atoms with Crippen molar-refractivity contribution in [3.05, 3.63) is 34.4 Å². The van der Waals surface area contributed by atoms with Crippen LogP contribution in [0.4, 0.5) is 11.4 Å². The van der Waals surface area contributed by atoms with E-state index in [1.165, 1.54) is 24.3 Å². The summed E-state index contributed by atoms with van der Waals surface area (Å²) in [5, 5.41) is 33.4. The number of benzene rings is 1. The number of nitro groups is 1. The van der Waals surface area contributed by atoms with Gasteiger partial charge in [0.2, 0.25) is 5.91 Å². The van der Waals surface area contributed by atoms with Crippen molar-refractivity contribution < 1.29 is 29.5 Å². The van der Waals surface area contributed by atoms with Crippen molar-refractivity contribution in [1.29, 1.82) is 0 Å². The zero-order valence-corrected chi connectivity index (χ0v) is 12.8. The van der Waals surface area contributed by atoms with E-state index in [1.807, 2.05) is 0 Å². The molecule has 0 bridgehead atoms. The van der Waals surface area contributed by atoms with Gasteiger partial charge in [0.05, 0.1) is 31.2 Å². The molecule has 0 saturated carbocycles. The lowest BCUT2D eigenvalue weighted by Crippen LogP contribution is -2.41. The average Bonchev–Trinajstić information content (AvgIpc) is 2.53. The highest BCUT2D eigenvalue weighted by Gasteiger charge is 2.20. The molecule has 10 nitrogen and oxygen atoms in total. The van der Waals surface area contributed by atoms with Crippen molar-refractivity contribution >= 4 is 23.3 Å². The monoisotopic (exact) mass is 341 g/mol. The van der Waals surface area contributed by atoms with E-state index >= 15 is 0 Å². The van der Waals surface area contributed by atoms with Crippen LogP contribution in [0.3, 0.4) is 0 Å². The summed E-state index contributed by atoms with van der Waals surface area (Å²) in [6, 6.07) is 4.23. The molecule has 0 radical (unpaired) electrons. The normalized spacial score (nSPS) is 11.7. The SMILES string of the molecule is O=C(CC(NCCOCCO)C(=O)O)Nc1cccc([N+](=O)[O-])c1. The summed E-state index contributed by atoms with van der Waals surface area (Å²) >= 11 is 0. The summed E-state index contributed by atoms with van der Waals surface area (Å²) in [5.41, 5.74) is 0.0337. The van der Waals surface area contributed by atoms with Gasteiger partial charge in [-0.1, -0.05) is 6.07 Å². The van der Waals surface area contributed by atoms with Gasteiger partial charge in [-0.2, -0.15) is 0 Å². The summed E-state index contributed by atoms with van der Waals surface area (Å²) < 4.78 is 4.98. The second kappa shape index (κ2) is 10.3. The van der Waals surface area contributed by atoms with E-state index in [0.717, 1.165) is 0 Å². The fraction of sp³-hybridized carbons (Fsp3) is 0.429. The van der Waals surface area contributed by atoms with Crippen molar-refractivity contribution in [2.75, 3.05) is 31.7 Å². The van der Waals surface area contributed by atoms with Crippen LogP contribution in [0, 0.1) is 10.1 Å². The number of aliphatic hydroxyl groups is 1. The lowest BCUT2D eigenvalue weighted by Gasteiger charge is -2.14. The number of amides is 1. The Morgan fingerprint density at radius 3 is 2.71 bits per heavy atom. The zero-order chi connectivity index (χ0) is 17.9. The molecule has 132 valence electrons. The number of aliphatic carboxylic acids is 1. The van der Waals surface area contributed by atoms with Crippen LogP contribution >= 0.6 is 0 Å². The summed E-state index contributed by atoms with van der Waals surface area (Å²) in [5.74, 6) is -1.79. The summed E-state index contributed by atoms with van der Waals surface area (Å²) in [6.07, 6.45) is -0.349. The van der Waals surface area contributed by atoms with Crippen molar-refractivity contribution in [3.8, 4) is 0 Å². The summed E-state index contributed by atoms with van der Waals surface area (Å²) in [4.78, 5) is 33.1. The van der Waals surface area contributed by atoms with Gasteiger partial charge < -0.3 is 25.6 Å². The van der Waals surface area contributed by atoms with E-state index in [9.17, 15) is 19.7 Å². The van der Waals surface area contributed by atoms with Gasteiger partial charge in [0.15, 0.2) is 0 Å². The van der Waals surface area contributed by atoms with Gasteiger partial charge in [-0.3, -0.25) is 19.7 Å². The molecule has 0 aliphatic rings. The van der Waals surface area contributed by atoms with Gasteiger partial charge in [-0.25, -0.2) is 0 Å². The molecule has 1 unspecified atom stereocenters. The van der Waals surface area contributed by atoms with Gasteiger partial charge in [0, 0.05) is 24.4 Å². The third-order valence-corrected chi connectivity index (χ3v) is 2.90. The van der Waals surface area contributed by atoms with Crippen molar-refractivity contribution in [2.24, 2.45) is 0 Å². The highest BCUT2D eigenvalue weighted by atomic mass is 16.6. The fourth-order valence-corrected chi connectivity index (χ4v) is 1.81. The molecular formula is C14H19N3O7. The third-order valence-electron chi connectivity index (χ3n) is 2.90. The summed E-state index contributed by atoms with van der Waals surface area (Å²) in [7, 11) is 0. The molecule has 10 heteroatoms. The Morgan fingerprint density at radius 2 is 2.08 bits per heavy atom. The van der Waals surface area contributed by atoms with Crippen LogP contribution in [0.2, 0.25) is 0 Å². The average molecular weight is 341 g/mol. The minimum atomic E-state index is -1.20. The van der Waals surface area contributed by atoms with E-state index < -0.39 is 22.8 Å². The minimum absolute atomic E-state index is 0.131. The number of carbonyl (C=O) groups excluding carboxylic acids is 1. The van der Waals surface area contributed by atoms with Gasteiger partial charge in [0.1, 0.15) is 6.04 Å². The molecule has 1 rings (SSSR count). The molecule has 1 amide bonds. The lowest BCUT2D eigenvalue weighted by molar-refractivity contribution is -0.384. The van der Waals surface area contributed by atoms with Crippen LogP contribution in [0.1, 0.15) is 6.42 Å². The predicted octanol–water partition coefficient (Wildman–Crippen LogP) is -0.0249. The molecule has 24 heavy (non-hydrogen) atoms. The van der Waals surface area contributed by atoms with E-state index in [4.69, 9.17) is 14.9 Å².